The number of fused-ring (bicyclic) bond motifs is 4. The summed E-state index contributed by atoms with van der Waals surface area (Å²) in [6.07, 6.45) is -17.8. The minimum absolute atomic E-state index is 0.00734. The molecular weight excluding hydrogens is 1310 g/mol. The summed E-state index contributed by atoms with van der Waals surface area (Å²) in [5, 5.41) is 99.0. The molecule has 4 fully saturated rings. The summed E-state index contributed by atoms with van der Waals surface area (Å²) in [6, 6.07) is 12.6. The molecule has 6 heterocycles. The van der Waals surface area contributed by atoms with Crippen molar-refractivity contribution >= 4 is 47.1 Å². The van der Waals surface area contributed by atoms with Crippen LogP contribution in [0.3, 0.4) is 0 Å². The molecular formula is C70H87N5O25. The number of hydrogen-bond acceptors (Lipinski definition) is 25. The Bertz CT molecular complexity index is 3730. The molecule has 6 aliphatic heterocycles. The Balaban J connectivity index is 0.813. The van der Waals surface area contributed by atoms with Gasteiger partial charge in [-0.05, 0) is 97.5 Å². The molecule has 0 bridgehead atoms. The van der Waals surface area contributed by atoms with Crippen molar-refractivity contribution in [2.45, 2.75) is 159 Å². The van der Waals surface area contributed by atoms with Crippen molar-refractivity contribution < 1.29 is 122 Å². The normalized spacial score (nSPS) is 25.8. The quantitative estimate of drug-likeness (QED) is 0.0274. The average molecular weight is 1400 g/mol. The Morgan fingerprint density at radius 2 is 1.15 bits per heavy atom. The van der Waals surface area contributed by atoms with Gasteiger partial charge in [-0.15, -0.1) is 0 Å². The largest absolute Gasteiger partial charge is 0.493 e. The Hall–Kier alpha value is -8.50. The van der Waals surface area contributed by atoms with Crippen LogP contribution in [-0.2, 0) is 36.9 Å². The van der Waals surface area contributed by atoms with Gasteiger partial charge in [0.1, 0.15) is 73.2 Å². The summed E-state index contributed by atoms with van der Waals surface area (Å²) in [4.78, 5) is 90.0. The fraction of sp³-hybridized carbons (Fsp3) is 0.514. The average Bonchev–Trinajstić information content (AvgIpc) is 1.59. The number of methoxy groups -OCH3 is 2. The molecule has 100 heavy (non-hydrogen) atoms. The van der Waals surface area contributed by atoms with E-state index in [-0.39, 0.29) is 133 Å². The fourth-order valence-corrected chi connectivity index (χ4v) is 12.7. The van der Waals surface area contributed by atoms with E-state index in [0.717, 1.165) is 9.80 Å². The van der Waals surface area contributed by atoms with Crippen molar-refractivity contribution in [2.75, 3.05) is 76.7 Å². The lowest BCUT2D eigenvalue weighted by atomic mass is 9.87. The molecule has 0 saturated carbocycles. The van der Waals surface area contributed by atoms with Gasteiger partial charge in [-0.1, -0.05) is 57.2 Å². The maximum absolute atomic E-state index is 14.5. The van der Waals surface area contributed by atoms with E-state index in [1.165, 1.54) is 78.6 Å². The third-order valence-corrected chi connectivity index (χ3v) is 18.0. The predicted molar refractivity (Wildman–Crippen MR) is 352 cm³/mol. The molecule has 0 spiro atoms. The molecule has 0 aliphatic carbocycles. The van der Waals surface area contributed by atoms with E-state index in [1.54, 1.807) is 13.0 Å². The number of unbranched alkanes of at least 4 members (excludes halogenated alkanes) is 2. The van der Waals surface area contributed by atoms with Gasteiger partial charge in [0.15, 0.2) is 29.7 Å². The van der Waals surface area contributed by atoms with Crippen LogP contribution in [0.2, 0.25) is 0 Å². The molecule has 4 saturated heterocycles. The molecule has 4 aromatic carbocycles. The number of benzene rings is 4. The maximum Gasteiger partial charge on any atom is 0.416 e. The molecule has 5 amide bonds. The first-order valence-corrected chi connectivity index (χ1v) is 32.8. The van der Waals surface area contributed by atoms with Crippen LogP contribution in [0, 0.1) is 12.3 Å². The van der Waals surface area contributed by atoms with Gasteiger partial charge in [0, 0.05) is 45.3 Å². The van der Waals surface area contributed by atoms with Crippen molar-refractivity contribution in [2.24, 2.45) is 5.41 Å². The number of aliphatic hydroxyl groups is 9. The van der Waals surface area contributed by atoms with Crippen molar-refractivity contribution in [3.05, 3.63) is 124 Å². The second-order valence-corrected chi connectivity index (χ2v) is 26.8. The van der Waals surface area contributed by atoms with Crippen molar-refractivity contribution in [1.82, 2.24) is 15.1 Å². The van der Waals surface area contributed by atoms with Crippen molar-refractivity contribution in [1.29, 1.82) is 0 Å². The number of ether oxygens (including phenoxy) is 10. The number of Topliss-reactive ketones (excluding diaryl/α,β-unsaturated/α-hetero) is 1. The van der Waals surface area contributed by atoms with Crippen LogP contribution in [0.4, 0.5) is 21.0 Å². The molecule has 6 aliphatic rings. The van der Waals surface area contributed by atoms with Crippen LogP contribution in [0.15, 0.2) is 85.0 Å². The summed E-state index contributed by atoms with van der Waals surface area (Å²) in [7, 11) is 2.81. The number of rotatable bonds is 24. The molecule has 30 heteroatoms. The SMILES string of the molecule is C=C1C[C@H]2C(O)N(C(=O)OCc3ccc(O[C@@H]4OC[C@@H](O)[C@H](O)[C@H]4O)c(C(=O)CC(C)(C)C)c3)c3cc(OCCCCCOc4cc5c(cc4OC)C(=O)N4CC(=C)C[C@H]4C(O)N5C(=O)OCc4ccc(O[C@@H]5O[C@H](CO)[C@H](O)[C@H](O)[C@H]5O)c(C(=O)NCCOC)c4)c(C)cc3C(=O)N2C1. The van der Waals surface area contributed by atoms with E-state index in [4.69, 9.17) is 47.4 Å². The number of aliphatic hydroxyl groups excluding tert-OH is 9. The highest BCUT2D eigenvalue weighted by Gasteiger charge is 2.50. The minimum Gasteiger partial charge on any atom is -0.493 e. The summed E-state index contributed by atoms with van der Waals surface area (Å²) in [5.74, 6) is -1.62. The highest BCUT2D eigenvalue weighted by Crippen LogP contribution is 2.44. The molecule has 0 radical (unpaired) electrons. The maximum atomic E-state index is 14.5. The Morgan fingerprint density at radius 3 is 1.71 bits per heavy atom. The lowest BCUT2D eigenvalue weighted by Gasteiger charge is -2.39. The first-order chi connectivity index (χ1) is 47.6. The Kier molecular flexibility index (Phi) is 23.4. The Morgan fingerprint density at radius 1 is 0.620 bits per heavy atom. The number of nitrogens with zero attached hydrogens (tertiary/aromatic N) is 4. The predicted octanol–water partition coefficient (Wildman–Crippen LogP) is 3.12. The number of amides is 5. The lowest BCUT2D eigenvalue weighted by Crippen LogP contribution is -2.60. The number of hydrogen-bond donors (Lipinski definition) is 10. The number of nitrogens with one attached hydrogen (secondary N) is 1. The zero-order chi connectivity index (χ0) is 72.2. The molecule has 10 rings (SSSR count). The van der Waals surface area contributed by atoms with Gasteiger partial charge in [0.05, 0.1) is 85.9 Å². The number of ketones is 1. The van der Waals surface area contributed by atoms with Crippen LogP contribution in [-0.4, -0.2) is 238 Å². The topological polar surface area (TPSA) is 402 Å². The van der Waals surface area contributed by atoms with Gasteiger partial charge in [-0.25, -0.2) is 19.4 Å². The van der Waals surface area contributed by atoms with E-state index in [9.17, 15) is 74.7 Å². The summed E-state index contributed by atoms with van der Waals surface area (Å²) in [6.45, 7) is 14.1. The number of aryl methyl sites for hydroxylation is 1. The molecule has 4 aromatic rings. The summed E-state index contributed by atoms with van der Waals surface area (Å²) in [5.41, 5.74) is 1.91. The molecule has 2 unspecified atom stereocenters. The van der Waals surface area contributed by atoms with Gasteiger partial charge in [-0.3, -0.25) is 19.2 Å². The minimum atomic E-state index is -1.80. The monoisotopic (exact) mass is 1400 g/mol. The van der Waals surface area contributed by atoms with Crippen LogP contribution in [0.1, 0.15) is 117 Å². The highest BCUT2D eigenvalue weighted by molar-refractivity contribution is 6.07. The Labute approximate surface area is 576 Å². The third-order valence-electron chi connectivity index (χ3n) is 18.0. The van der Waals surface area contributed by atoms with Crippen LogP contribution in [0.25, 0.3) is 0 Å². The molecule has 10 N–H and O–H groups in total. The van der Waals surface area contributed by atoms with E-state index < -0.39 is 135 Å². The van der Waals surface area contributed by atoms with Crippen LogP contribution < -0.4 is 38.8 Å². The van der Waals surface area contributed by atoms with Crippen LogP contribution >= 0.6 is 0 Å². The lowest BCUT2D eigenvalue weighted by molar-refractivity contribution is -0.277. The van der Waals surface area contributed by atoms with Crippen molar-refractivity contribution in [3.8, 4) is 28.7 Å². The number of anilines is 2. The second kappa shape index (κ2) is 31.6. The fourth-order valence-electron chi connectivity index (χ4n) is 12.7. The second-order valence-electron chi connectivity index (χ2n) is 26.8. The van der Waals surface area contributed by atoms with E-state index in [2.05, 4.69) is 18.5 Å². The van der Waals surface area contributed by atoms with E-state index in [1.807, 2.05) is 20.8 Å². The van der Waals surface area contributed by atoms with E-state index in [0.29, 0.717) is 47.3 Å². The first kappa shape index (κ1) is 74.2. The highest BCUT2D eigenvalue weighted by atomic mass is 16.7. The zero-order valence-corrected chi connectivity index (χ0v) is 56.4. The zero-order valence-electron chi connectivity index (χ0n) is 56.4. The number of carbonyl (C=O) groups excluding carboxylic acids is 6. The van der Waals surface area contributed by atoms with Gasteiger partial charge in [0.2, 0.25) is 12.6 Å². The standard InChI is InChI=1S/C70H87N5O25/c1-35-20-46-64(87)74(68(89)96-32-38-12-14-50(42(23-38)48(77)28-70(4,5)6)98-66-59(82)56(79)49(78)34-95-66)44-26-52(37(3)22-40(44)62(85)72(46)29-35)93-17-10-9-11-18-94-54-27-45-41(25-53(54)92-8)63(86)73-30-36(2)21-47(73)65(88)75(45)69(90)97-33-39-13-15-51(43(24-39)61(84)71-16-19-91-7)99-67-60(83)58(81)57(80)55(31-76)100-67/h12-15,22-27,46-47,49,55-60,64-67,76,78-83,87-88H,1-2,9-11,16-21,28-34H2,3-8H3,(H,71,84)/t46-,47-,49+,55+,56-,57-,58-,59+,60+,64?,65?,66-,67+/m0/s1. The molecule has 30 nitrogen and oxygen atoms in total. The van der Waals surface area contributed by atoms with Crippen LogP contribution in [0.5, 0.6) is 28.7 Å². The van der Waals surface area contributed by atoms with Gasteiger partial charge >= 0.3 is 12.2 Å². The molecule has 0 aromatic heterocycles. The van der Waals surface area contributed by atoms with Gasteiger partial charge in [0.25, 0.3) is 17.7 Å². The molecule has 542 valence electrons. The van der Waals surface area contributed by atoms with E-state index >= 15 is 0 Å². The third kappa shape index (κ3) is 16.1. The first-order valence-electron chi connectivity index (χ1n) is 32.8. The molecule has 13 atom stereocenters. The van der Waals surface area contributed by atoms with Gasteiger partial charge < -0.3 is 108 Å². The summed E-state index contributed by atoms with van der Waals surface area (Å²) >= 11 is 0. The van der Waals surface area contributed by atoms with Gasteiger partial charge in [-0.2, -0.15) is 0 Å². The number of carbonyl (C=O) groups is 6. The van der Waals surface area contributed by atoms with Crippen molar-refractivity contribution in [3.63, 3.8) is 0 Å². The smallest absolute Gasteiger partial charge is 0.416 e. The summed E-state index contributed by atoms with van der Waals surface area (Å²) < 4.78 is 57.8.